The maximum Gasteiger partial charge on any atom is 0.306 e. The molecule has 322 valence electrons. The Labute approximate surface area is 334 Å². The van der Waals surface area contributed by atoms with Crippen LogP contribution in [0.3, 0.4) is 0 Å². The minimum atomic E-state index is -1.60. The number of hydrogen-bond acceptors (Lipinski definition) is 10. The average Bonchev–Trinajstić information content (AvgIpc) is 3.18. The summed E-state index contributed by atoms with van der Waals surface area (Å²) in [7, 11) is 0. The van der Waals surface area contributed by atoms with Gasteiger partial charge >= 0.3 is 11.9 Å². The molecule has 0 aliphatic carbocycles. The zero-order chi connectivity index (χ0) is 40.2. The highest BCUT2D eigenvalue weighted by molar-refractivity contribution is 5.70. The molecule has 4 N–H and O–H groups in total. The Morgan fingerprint density at radius 1 is 0.564 bits per heavy atom. The van der Waals surface area contributed by atoms with Gasteiger partial charge in [-0.05, 0) is 38.5 Å². The highest BCUT2D eigenvalue weighted by atomic mass is 16.7. The van der Waals surface area contributed by atoms with Gasteiger partial charge in [0.2, 0.25) is 0 Å². The molecule has 1 fully saturated rings. The van der Waals surface area contributed by atoms with Crippen LogP contribution in [0.5, 0.6) is 0 Å². The summed E-state index contributed by atoms with van der Waals surface area (Å²) < 4.78 is 22.1. The fourth-order valence-electron chi connectivity index (χ4n) is 6.76. The summed E-state index contributed by atoms with van der Waals surface area (Å²) in [6.45, 7) is 3.39. The standard InChI is InChI=1S/C45H82O10/c1-3-5-7-9-11-13-15-17-18-19-20-22-23-25-27-29-31-33-40(47)52-36-38(37-53-45-44(51)43(50)42(49)39(35-46)55-45)54-41(48)34-32-30-28-26-24-21-16-14-12-10-8-6-4-2/h20,22,25,27,38-39,42-46,49-51H,3-19,21,23-24,26,28-37H2,1-2H3/b22-20+,27-25+/t38-,39-,42+,43?,44?,45-/m0/s1. The highest BCUT2D eigenvalue weighted by Gasteiger charge is 2.44. The van der Waals surface area contributed by atoms with Crippen LogP contribution in [0.15, 0.2) is 24.3 Å². The molecule has 1 aliphatic heterocycles. The van der Waals surface area contributed by atoms with E-state index in [2.05, 4.69) is 38.2 Å². The van der Waals surface area contributed by atoms with E-state index in [-0.39, 0.29) is 26.1 Å². The van der Waals surface area contributed by atoms with Crippen molar-refractivity contribution in [2.75, 3.05) is 19.8 Å². The van der Waals surface area contributed by atoms with E-state index in [9.17, 15) is 30.0 Å². The Kier molecular flexibility index (Phi) is 34.0. The van der Waals surface area contributed by atoms with Gasteiger partial charge in [-0.1, -0.05) is 167 Å². The molecule has 10 nitrogen and oxygen atoms in total. The minimum Gasteiger partial charge on any atom is -0.462 e. The zero-order valence-electron chi connectivity index (χ0n) is 34.9. The number of aliphatic hydroxyl groups is 4. The monoisotopic (exact) mass is 783 g/mol. The van der Waals surface area contributed by atoms with Crippen LogP contribution in [0.25, 0.3) is 0 Å². The van der Waals surface area contributed by atoms with Crippen molar-refractivity contribution < 1.29 is 49.0 Å². The molecule has 1 aliphatic rings. The van der Waals surface area contributed by atoms with Crippen LogP contribution >= 0.6 is 0 Å². The molecule has 1 heterocycles. The summed E-state index contributed by atoms with van der Waals surface area (Å²) in [5.41, 5.74) is 0. The van der Waals surface area contributed by atoms with Gasteiger partial charge in [0.05, 0.1) is 13.2 Å². The molecule has 0 aromatic heterocycles. The fourth-order valence-corrected chi connectivity index (χ4v) is 6.76. The van der Waals surface area contributed by atoms with Crippen LogP contribution in [0.1, 0.15) is 194 Å². The fraction of sp³-hybridized carbons (Fsp3) is 0.867. The van der Waals surface area contributed by atoms with Crippen LogP contribution in [-0.4, -0.2) is 89.0 Å². The maximum absolute atomic E-state index is 12.7. The second-order valence-electron chi connectivity index (χ2n) is 15.5. The van der Waals surface area contributed by atoms with Crippen molar-refractivity contribution in [3.8, 4) is 0 Å². The summed E-state index contributed by atoms with van der Waals surface area (Å²) in [4.78, 5) is 25.3. The zero-order valence-corrected chi connectivity index (χ0v) is 34.9. The lowest BCUT2D eigenvalue weighted by molar-refractivity contribution is -0.305. The molecule has 1 saturated heterocycles. The third kappa shape index (κ3) is 28.3. The van der Waals surface area contributed by atoms with Gasteiger partial charge in [0, 0.05) is 12.8 Å². The Morgan fingerprint density at radius 2 is 1.04 bits per heavy atom. The molecule has 0 radical (unpaired) electrons. The lowest BCUT2D eigenvalue weighted by Gasteiger charge is -2.39. The summed E-state index contributed by atoms with van der Waals surface area (Å²) in [6.07, 6.45) is 31.9. The maximum atomic E-state index is 12.7. The van der Waals surface area contributed by atoms with E-state index in [1.165, 1.54) is 116 Å². The van der Waals surface area contributed by atoms with Crippen molar-refractivity contribution in [2.45, 2.75) is 230 Å². The number of hydrogen-bond donors (Lipinski definition) is 4. The SMILES string of the molecule is CCCCCCCCCCC/C=C/C/C=C/CCCC(=O)OC[C@@H](CO[C@H]1O[C@@H](CO)[C@@H](O)C(O)C1O)OC(=O)CCCCCCCCCCCCCCC. The Morgan fingerprint density at radius 3 is 1.56 bits per heavy atom. The molecule has 0 aromatic rings. The second kappa shape index (κ2) is 36.5. The molecular weight excluding hydrogens is 700 g/mol. The smallest absolute Gasteiger partial charge is 0.306 e. The van der Waals surface area contributed by atoms with E-state index in [0.717, 1.165) is 38.5 Å². The topological polar surface area (TPSA) is 152 Å². The number of carbonyl (C=O) groups is 2. The Hall–Kier alpha value is -1.82. The summed E-state index contributed by atoms with van der Waals surface area (Å²) >= 11 is 0. The van der Waals surface area contributed by atoms with E-state index in [1.54, 1.807) is 0 Å². The first-order valence-corrected chi connectivity index (χ1v) is 22.4. The number of unbranched alkanes of at least 4 members (excludes halogenated alkanes) is 22. The molecule has 0 aromatic carbocycles. The van der Waals surface area contributed by atoms with Crippen molar-refractivity contribution in [1.82, 2.24) is 0 Å². The van der Waals surface area contributed by atoms with Crippen LogP contribution < -0.4 is 0 Å². The van der Waals surface area contributed by atoms with Crippen molar-refractivity contribution >= 4 is 11.9 Å². The van der Waals surface area contributed by atoms with E-state index < -0.39 is 55.4 Å². The molecule has 10 heteroatoms. The predicted molar refractivity (Wildman–Crippen MR) is 219 cm³/mol. The van der Waals surface area contributed by atoms with Gasteiger partial charge in [-0.25, -0.2) is 0 Å². The first-order valence-electron chi connectivity index (χ1n) is 22.4. The molecule has 6 atom stereocenters. The number of carbonyl (C=O) groups excluding carboxylic acids is 2. The number of aliphatic hydroxyl groups excluding tert-OH is 4. The summed E-state index contributed by atoms with van der Waals surface area (Å²) in [6, 6.07) is 0. The van der Waals surface area contributed by atoms with Gasteiger partial charge < -0.3 is 39.4 Å². The summed E-state index contributed by atoms with van der Waals surface area (Å²) in [5, 5.41) is 40.0. The van der Waals surface area contributed by atoms with Crippen molar-refractivity contribution in [3.05, 3.63) is 24.3 Å². The predicted octanol–water partition coefficient (Wildman–Crippen LogP) is 9.33. The van der Waals surface area contributed by atoms with E-state index in [1.807, 2.05) is 0 Å². The third-order valence-electron chi connectivity index (χ3n) is 10.3. The van der Waals surface area contributed by atoms with Crippen molar-refractivity contribution in [2.24, 2.45) is 0 Å². The van der Waals surface area contributed by atoms with Crippen molar-refractivity contribution in [1.29, 1.82) is 0 Å². The molecule has 0 amide bonds. The highest BCUT2D eigenvalue weighted by Crippen LogP contribution is 2.22. The number of ether oxygens (including phenoxy) is 4. The van der Waals surface area contributed by atoms with Gasteiger partial charge in [-0.15, -0.1) is 0 Å². The molecule has 0 saturated carbocycles. The molecule has 0 spiro atoms. The van der Waals surface area contributed by atoms with Crippen LogP contribution in [-0.2, 0) is 28.5 Å². The molecule has 55 heavy (non-hydrogen) atoms. The van der Waals surface area contributed by atoms with E-state index in [0.29, 0.717) is 12.8 Å². The Balaban J connectivity index is 2.35. The van der Waals surface area contributed by atoms with Crippen LogP contribution in [0.4, 0.5) is 0 Å². The second-order valence-corrected chi connectivity index (χ2v) is 15.5. The number of allylic oxidation sites excluding steroid dienone is 4. The minimum absolute atomic E-state index is 0.214. The van der Waals surface area contributed by atoms with E-state index >= 15 is 0 Å². The molecular formula is C45H82O10. The Bertz CT molecular complexity index is 954. The first kappa shape index (κ1) is 51.2. The molecule has 1 rings (SSSR count). The van der Waals surface area contributed by atoms with Crippen LogP contribution in [0.2, 0.25) is 0 Å². The first-order chi connectivity index (χ1) is 26.8. The quantitative estimate of drug-likeness (QED) is 0.0273. The molecule has 0 bridgehead atoms. The normalized spacial score (nSPS) is 20.7. The lowest BCUT2D eigenvalue weighted by atomic mass is 9.99. The number of rotatable bonds is 37. The van der Waals surface area contributed by atoms with Gasteiger partial charge in [0.1, 0.15) is 31.0 Å². The van der Waals surface area contributed by atoms with Gasteiger partial charge in [-0.2, -0.15) is 0 Å². The van der Waals surface area contributed by atoms with Crippen molar-refractivity contribution in [3.63, 3.8) is 0 Å². The lowest BCUT2D eigenvalue weighted by Crippen LogP contribution is -2.59. The van der Waals surface area contributed by atoms with E-state index in [4.69, 9.17) is 18.9 Å². The number of esters is 2. The van der Waals surface area contributed by atoms with Crippen LogP contribution in [0, 0.1) is 0 Å². The molecule has 2 unspecified atom stereocenters. The van der Waals surface area contributed by atoms with Gasteiger partial charge in [0.15, 0.2) is 12.4 Å². The largest absolute Gasteiger partial charge is 0.462 e. The average molecular weight is 783 g/mol. The summed E-state index contributed by atoms with van der Waals surface area (Å²) in [5.74, 6) is -0.853. The van der Waals surface area contributed by atoms with Gasteiger partial charge in [-0.3, -0.25) is 9.59 Å². The van der Waals surface area contributed by atoms with Gasteiger partial charge in [0.25, 0.3) is 0 Å². The third-order valence-corrected chi connectivity index (χ3v) is 10.3.